The molecule has 2 aliphatic heterocycles. The largest absolute Gasteiger partial charge is 0.423 e. The zero-order valence-corrected chi connectivity index (χ0v) is 16.8. The third kappa shape index (κ3) is 4.19. The number of hydrogen-bond donors (Lipinski definition) is 1. The van der Waals surface area contributed by atoms with E-state index in [4.69, 9.17) is 14.0 Å². The maximum Gasteiger partial charge on any atom is 0.362 e. The van der Waals surface area contributed by atoms with E-state index in [0.717, 1.165) is 0 Å². The summed E-state index contributed by atoms with van der Waals surface area (Å²) in [6.45, 7) is 2.53. The summed E-state index contributed by atoms with van der Waals surface area (Å²) in [7, 11) is -4.65. The molecule has 0 bridgehead atoms. The molecule has 2 amide bonds. The summed E-state index contributed by atoms with van der Waals surface area (Å²) in [6, 6.07) is 2.60. The molecule has 2 fully saturated rings. The second-order valence-corrected chi connectivity index (χ2v) is 7.96. The molecule has 11 nitrogen and oxygen atoms in total. The van der Waals surface area contributed by atoms with E-state index in [0.29, 0.717) is 9.87 Å². The zero-order valence-electron chi connectivity index (χ0n) is 16.0. The zero-order chi connectivity index (χ0) is 22.2. The number of carbonyl (C=O) groups excluding carboxylic acids is 4. The monoisotopic (exact) mass is 438 g/mol. The summed E-state index contributed by atoms with van der Waals surface area (Å²) in [6.07, 6.45) is 2.82. The molecule has 1 aromatic carbocycles. The number of likely N-dealkylation sites (tertiary alicyclic amines) is 1. The first-order chi connectivity index (χ1) is 14.0. The molecule has 0 unspecified atom stereocenters. The van der Waals surface area contributed by atoms with Crippen molar-refractivity contribution in [2.24, 2.45) is 0 Å². The number of ether oxygens (including phenoxy) is 2. The predicted octanol–water partition coefficient (Wildman–Crippen LogP) is 0.165. The summed E-state index contributed by atoms with van der Waals surface area (Å²) in [5.41, 5.74) is 0.450. The van der Waals surface area contributed by atoms with Crippen LogP contribution in [0.2, 0.25) is 0 Å². The molecule has 0 saturated carbocycles. The fourth-order valence-electron chi connectivity index (χ4n) is 3.43. The minimum atomic E-state index is -4.65. The first-order valence-corrected chi connectivity index (χ1v) is 10.2. The Balaban J connectivity index is 1.75. The molecule has 2 heterocycles. The van der Waals surface area contributed by atoms with Gasteiger partial charge in [0.1, 0.15) is 6.04 Å². The van der Waals surface area contributed by atoms with Gasteiger partial charge in [-0.25, -0.2) is 4.31 Å². The van der Waals surface area contributed by atoms with Crippen LogP contribution >= 0.6 is 0 Å². The first-order valence-electron chi connectivity index (χ1n) is 8.79. The van der Waals surface area contributed by atoms with Crippen LogP contribution < -0.4 is 9.47 Å². The minimum Gasteiger partial charge on any atom is -0.423 e. The maximum atomic E-state index is 12.5. The van der Waals surface area contributed by atoms with E-state index in [2.05, 4.69) is 0 Å². The van der Waals surface area contributed by atoms with Crippen LogP contribution in [0.5, 0.6) is 11.5 Å². The SMILES string of the molecule is CC(=O)Oc1ccc(/C=C/C(=O)N2CC[C@@H]3[C@H]2C(=O)N3S(=O)(=O)O)cc1OC(C)=O. The van der Waals surface area contributed by atoms with Crippen molar-refractivity contribution < 1.29 is 41.6 Å². The van der Waals surface area contributed by atoms with E-state index >= 15 is 0 Å². The number of rotatable bonds is 5. The molecule has 30 heavy (non-hydrogen) atoms. The molecule has 1 aromatic rings. The van der Waals surface area contributed by atoms with Gasteiger partial charge in [0.25, 0.3) is 5.91 Å². The van der Waals surface area contributed by atoms with Crippen LogP contribution in [0.4, 0.5) is 0 Å². The molecular formula is C18H18N2O9S. The molecular weight excluding hydrogens is 420 g/mol. The highest BCUT2D eigenvalue weighted by molar-refractivity contribution is 7.84. The summed E-state index contributed by atoms with van der Waals surface area (Å²) < 4.78 is 41.9. The average molecular weight is 438 g/mol. The molecule has 2 atom stereocenters. The second kappa shape index (κ2) is 7.88. The Bertz CT molecular complexity index is 1060. The summed E-state index contributed by atoms with van der Waals surface area (Å²) in [5.74, 6) is -2.58. The van der Waals surface area contributed by atoms with Crippen LogP contribution in [-0.4, -0.2) is 64.6 Å². The Labute approximate surface area is 171 Å². The van der Waals surface area contributed by atoms with E-state index in [-0.39, 0.29) is 24.5 Å². The van der Waals surface area contributed by atoms with Crippen LogP contribution in [0.3, 0.4) is 0 Å². The lowest BCUT2D eigenvalue weighted by Gasteiger charge is -2.42. The molecule has 12 heteroatoms. The van der Waals surface area contributed by atoms with Gasteiger partial charge in [0.2, 0.25) is 5.91 Å². The fourth-order valence-corrected chi connectivity index (χ4v) is 4.33. The highest BCUT2D eigenvalue weighted by atomic mass is 32.2. The molecule has 3 rings (SSSR count). The normalized spacial score (nSPS) is 20.7. The Morgan fingerprint density at radius 3 is 2.37 bits per heavy atom. The van der Waals surface area contributed by atoms with Gasteiger partial charge >= 0.3 is 22.2 Å². The highest BCUT2D eigenvalue weighted by Crippen LogP contribution is 2.36. The Hall–Kier alpha value is -3.25. The number of benzene rings is 1. The molecule has 2 saturated heterocycles. The van der Waals surface area contributed by atoms with Crippen molar-refractivity contribution in [3.05, 3.63) is 29.8 Å². The summed E-state index contributed by atoms with van der Waals surface area (Å²) in [4.78, 5) is 48.2. The van der Waals surface area contributed by atoms with Crippen LogP contribution in [0.1, 0.15) is 25.8 Å². The molecule has 160 valence electrons. The van der Waals surface area contributed by atoms with Gasteiger partial charge in [-0.2, -0.15) is 8.42 Å². The number of carbonyl (C=O) groups is 4. The smallest absolute Gasteiger partial charge is 0.362 e. The van der Waals surface area contributed by atoms with Gasteiger partial charge in [0.15, 0.2) is 11.5 Å². The van der Waals surface area contributed by atoms with Crippen LogP contribution in [0, 0.1) is 0 Å². The molecule has 0 spiro atoms. The van der Waals surface area contributed by atoms with Crippen LogP contribution in [-0.2, 0) is 29.5 Å². The first kappa shape index (κ1) is 21.5. The third-order valence-corrected chi connectivity index (χ3v) is 5.51. The van der Waals surface area contributed by atoms with Gasteiger partial charge in [-0.1, -0.05) is 6.07 Å². The average Bonchev–Trinajstić information content (AvgIpc) is 2.98. The van der Waals surface area contributed by atoms with Crippen molar-refractivity contribution in [3.8, 4) is 11.5 Å². The number of amides is 2. The lowest BCUT2D eigenvalue weighted by molar-refractivity contribution is -0.149. The van der Waals surface area contributed by atoms with Gasteiger partial charge in [0.05, 0.1) is 6.04 Å². The summed E-state index contributed by atoms with van der Waals surface area (Å²) in [5, 5.41) is 0. The lowest BCUT2D eigenvalue weighted by Crippen LogP contribution is -2.68. The van der Waals surface area contributed by atoms with Gasteiger partial charge < -0.3 is 14.4 Å². The van der Waals surface area contributed by atoms with Crippen molar-refractivity contribution in [1.29, 1.82) is 0 Å². The minimum absolute atomic E-state index is 0.00787. The van der Waals surface area contributed by atoms with E-state index in [1.807, 2.05) is 0 Å². The topological polar surface area (TPSA) is 148 Å². The fraction of sp³-hybridized carbons (Fsp3) is 0.333. The predicted molar refractivity (Wildman–Crippen MR) is 100 cm³/mol. The summed E-state index contributed by atoms with van der Waals surface area (Å²) >= 11 is 0. The molecule has 2 aliphatic rings. The quantitative estimate of drug-likeness (QED) is 0.223. The van der Waals surface area contributed by atoms with Gasteiger partial charge in [-0.15, -0.1) is 0 Å². The molecule has 0 aliphatic carbocycles. The van der Waals surface area contributed by atoms with Crippen LogP contribution in [0.15, 0.2) is 24.3 Å². The number of esters is 2. The Kier molecular flexibility index (Phi) is 5.63. The van der Waals surface area contributed by atoms with E-state index in [1.165, 1.54) is 49.1 Å². The molecule has 0 radical (unpaired) electrons. The Morgan fingerprint density at radius 2 is 1.77 bits per heavy atom. The number of hydrogen-bond acceptors (Lipinski definition) is 8. The van der Waals surface area contributed by atoms with E-state index in [9.17, 15) is 27.6 Å². The van der Waals surface area contributed by atoms with Crippen LogP contribution in [0.25, 0.3) is 6.08 Å². The standard InChI is InChI=1S/C18H18N2O9S/c1-10(21)28-14-5-3-12(9-15(14)29-11(2)22)4-6-16(23)19-8-7-13-17(19)18(24)20(13)30(25,26)27/h3-6,9,13,17H,7-8H2,1-2H3,(H,25,26,27)/b6-4+/t13-,17+/m1/s1. The van der Waals surface area contributed by atoms with Crippen molar-refractivity contribution in [2.45, 2.75) is 32.4 Å². The van der Waals surface area contributed by atoms with Crippen molar-refractivity contribution in [3.63, 3.8) is 0 Å². The van der Waals surface area contributed by atoms with E-state index < -0.39 is 46.1 Å². The van der Waals surface area contributed by atoms with Gasteiger partial charge in [0, 0.05) is 26.5 Å². The number of β-lactam (4-membered cyclic amide) rings is 1. The van der Waals surface area contributed by atoms with Crippen molar-refractivity contribution in [2.75, 3.05) is 6.54 Å². The van der Waals surface area contributed by atoms with Crippen molar-refractivity contribution >= 4 is 40.1 Å². The van der Waals surface area contributed by atoms with Gasteiger partial charge in [-0.3, -0.25) is 23.7 Å². The number of nitrogens with zero attached hydrogens (tertiary/aromatic N) is 2. The van der Waals surface area contributed by atoms with E-state index in [1.54, 1.807) is 0 Å². The maximum absolute atomic E-state index is 12.5. The Morgan fingerprint density at radius 1 is 1.13 bits per heavy atom. The molecule has 1 N–H and O–H groups in total. The van der Waals surface area contributed by atoms with Crippen molar-refractivity contribution in [1.82, 2.24) is 9.21 Å². The number of fused-ring (bicyclic) bond motifs is 1. The molecule has 0 aromatic heterocycles. The lowest BCUT2D eigenvalue weighted by atomic mass is 10.0. The second-order valence-electron chi connectivity index (χ2n) is 6.67. The third-order valence-electron chi connectivity index (χ3n) is 4.56. The highest BCUT2D eigenvalue weighted by Gasteiger charge is 2.59. The van der Waals surface area contributed by atoms with Gasteiger partial charge in [-0.05, 0) is 30.2 Å².